The molecule has 0 radical (unpaired) electrons. The molecule has 1 rings (SSSR count). The van der Waals surface area contributed by atoms with Crippen LogP contribution in [0.15, 0.2) is 12.5 Å². The molecule has 10 N–H and O–H groups in total. The van der Waals surface area contributed by atoms with Gasteiger partial charge in [0, 0.05) is 18.3 Å². The number of nitrogens with two attached hydrogens (primary N) is 2. The molecule has 13 heteroatoms. The molecule has 1 aromatic heterocycles. The molecule has 0 aliphatic heterocycles. The number of carboxylic acids is 1. The summed E-state index contributed by atoms with van der Waals surface area (Å²) >= 11 is 0. The lowest BCUT2D eigenvalue weighted by Gasteiger charge is -2.23. The maximum Gasteiger partial charge on any atom is 0.326 e. The highest BCUT2D eigenvalue weighted by Crippen LogP contribution is 2.05. The number of amides is 3. The minimum absolute atomic E-state index is 0.0178. The van der Waals surface area contributed by atoms with Gasteiger partial charge in [-0.1, -0.05) is 0 Å². The number of nitrogens with zero attached hydrogens (tertiary/aromatic N) is 1. The van der Waals surface area contributed by atoms with Crippen LogP contribution in [0.4, 0.5) is 0 Å². The van der Waals surface area contributed by atoms with Crippen LogP contribution in [0.1, 0.15) is 31.9 Å². The van der Waals surface area contributed by atoms with Crippen molar-refractivity contribution in [2.75, 3.05) is 13.2 Å². The predicted octanol–water partition coefficient (Wildman–Crippen LogP) is -3.04. The highest BCUT2D eigenvalue weighted by atomic mass is 16.4. The van der Waals surface area contributed by atoms with E-state index in [4.69, 9.17) is 16.6 Å². The maximum absolute atomic E-state index is 12.7. The van der Waals surface area contributed by atoms with Crippen molar-refractivity contribution in [1.82, 2.24) is 25.9 Å². The quantitative estimate of drug-likeness (QED) is 0.137. The number of aromatic nitrogens is 2. The van der Waals surface area contributed by atoms with Gasteiger partial charge in [-0.3, -0.25) is 14.4 Å². The molecular formula is C18H31N7O6. The molecule has 0 saturated heterocycles. The summed E-state index contributed by atoms with van der Waals surface area (Å²) in [5.74, 6) is -3.30. The lowest BCUT2D eigenvalue weighted by Crippen LogP contribution is -2.56. The Kier molecular flexibility index (Phi) is 11.2. The first-order valence-corrected chi connectivity index (χ1v) is 9.87. The summed E-state index contributed by atoms with van der Waals surface area (Å²) in [7, 11) is 0. The number of hydrogen-bond acceptors (Lipinski definition) is 8. The topological polar surface area (TPSA) is 226 Å². The summed E-state index contributed by atoms with van der Waals surface area (Å²) in [4.78, 5) is 55.1. The fraction of sp³-hybridized carbons (Fsp3) is 0.611. The van der Waals surface area contributed by atoms with Crippen molar-refractivity contribution in [2.45, 2.75) is 56.8 Å². The third-order valence-corrected chi connectivity index (χ3v) is 4.46. The summed E-state index contributed by atoms with van der Waals surface area (Å²) in [5.41, 5.74) is 11.4. The van der Waals surface area contributed by atoms with Gasteiger partial charge in [-0.15, -0.1) is 0 Å². The van der Waals surface area contributed by atoms with Crippen LogP contribution in [0.5, 0.6) is 0 Å². The average molecular weight is 441 g/mol. The molecule has 1 heterocycles. The minimum Gasteiger partial charge on any atom is -0.480 e. The molecular weight excluding hydrogens is 410 g/mol. The van der Waals surface area contributed by atoms with Crippen molar-refractivity contribution in [1.29, 1.82) is 0 Å². The maximum atomic E-state index is 12.7. The van der Waals surface area contributed by atoms with E-state index in [1.165, 1.54) is 19.4 Å². The summed E-state index contributed by atoms with van der Waals surface area (Å²) in [5, 5.41) is 25.6. The monoisotopic (exact) mass is 441 g/mol. The predicted molar refractivity (Wildman–Crippen MR) is 109 cm³/mol. The molecule has 0 aromatic carbocycles. The Hall–Kier alpha value is -3.03. The van der Waals surface area contributed by atoms with Gasteiger partial charge in [0.1, 0.15) is 24.2 Å². The first-order valence-electron chi connectivity index (χ1n) is 9.87. The second kappa shape index (κ2) is 13.3. The van der Waals surface area contributed by atoms with Crippen molar-refractivity contribution >= 4 is 23.7 Å². The third-order valence-electron chi connectivity index (χ3n) is 4.46. The van der Waals surface area contributed by atoms with Crippen LogP contribution in [0.2, 0.25) is 0 Å². The summed E-state index contributed by atoms with van der Waals surface area (Å²) < 4.78 is 0. The Morgan fingerprint density at radius 2 is 1.77 bits per heavy atom. The number of H-pyrrole nitrogens is 1. The van der Waals surface area contributed by atoms with E-state index in [-0.39, 0.29) is 12.8 Å². The number of nitrogens with one attached hydrogen (secondary N) is 4. The normalized spacial score (nSPS) is 14.7. The number of hydrogen-bond donors (Lipinski definition) is 8. The molecule has 0 aliphatic rings. The number of imidazole rings is 1. The van der Waals surface area contributed by atoms with Crippen LogP contribution in [0, 0.1) is 0 Å². The number of aliphatic hydroxyl groups is 1. The third kappa shape index (κ3) is 9.11. The molecule has 13 nitrogen and oxygen atoms in total. The van der Waals surface area contributed by atoms with Crippen molar-refractivity contribution in [3.05, 3.63) is 18.2 Å². The number of aliphatic hydroxyl groups excluding tert-OH is 1. The summed E-state index contributed by atoms with van der Waals surface area (Å²) in [6.07, 6.45) is 4.17. The molecule has 31 heavy (non-hydrogen) atoms. The zero-order chi connectivity index (χ0) is 23.4. The van der Waals surface area contributed by atoms with Crippen molar-refractivity contribution in [2.24, 2.45) is 11.5 Å². The number of rotatable bonds is 14. The second-order valence-electron chi connectivity index (χ2n) is 7.05. The van der Waals surface area contributed by atoms with Gasteiger partial charge >= 0.3 is 5.97 Å². The number of carboxylic acid groups (broad SMARTS) is 1. The van der Waals surface area contributed by atoms with Gasteiger partial charge in [0.15, 0.2) is 0 Å². The van der Waals surface area contributed by atoms with Gasteiger partial charge in [0.25, 0.3) is 0 Å². The van der Waals surface area contributed by atoms with Gasteiger partial charge in [-0.25, -0.2) is 9.78 Å². The van der Waals surface area contributed by atoms with Gasteiger partial charge < -0.3 is 42.6 Å². The Morgan fingerprint density at radius 1 is 1.10 bits per heavy atom. The largest absolute Gasteiger partial charge is 0.480 e. The van der Waals surface area contributed by atoms with E-state index >= 15 is 0 Å². The molecule has 0 bridgehead atoms. The van der Waals surface area contributed by atoms with Crippen LogP contribution in [-0.2, 0) is 25.6 Å². The smallest absolute Gasteiger partial charge is 0.326 e. The molecule has 174 valence electrons. The lowest BCUT2D eigenvalue weighted by atomic mass is 10.1. The van der Waals surface area contributed by atoms with E-state index in [0.717, 1.165) is 0 Å². The molecule has 0 fully saturated rings. The van der Waals surface area contributed by atoms with Gasteiger partial charge in [0.2, 0.25) is 17.7 Å². The zero-order valence-corrected chi connectivity index (χ0v) is 17.3. The Balaban J connectivity index is 2.80. The van der Waals surface area contributed by atoms with Crippen molar-refractivity contribution in [3.8, 4) is 0 Å². The van der Waals surface area contributed by atoms with Crippen LogP contribution < -0.4 is 27.4 Å². The highest BCUT2D eigenvalue weighted by molar-refractivity contribution is 5.93. The number of carbonyl (C=O) groups is 4. The van der Waals surface area contributed by atoms with E-state index in [0.29, 0.717) is 25.1 Å². The number of aromatic amines is 1. The second-order valence-corrected chi connectivity index (χ2v) is 7.05. The highest BCUT2D eigenvalue weighted by Gasteiger charge is 2.28. The van der Waals surface area contributed by atoms with Crippen LogP contribution in [0.3, 0.4) is 0 Å². The van der Waals surface area contributed by atoms with E-state index in [1.54, 1.807) is 0 Å². The van der Waals surface area contributed by atoms with E-state index in [2.05, 4.69) is 25.9 Å². The number of aliphatic carboxylic acids is 1. The number of unbranched alkanes of at least 4 members (excludes halogenated alkanes) is 1. The zero-order valence-electron chi connectivity index (χ0n) is 17.3. The summed E-state index contributed by atoms with van der Waals surface area (Å²) in [6.45, 7) is 1.20. The van der Waals surface area contributed by atoms with Crippen molar-refractivity contribution < 1.29 is 29.4 Å². The van der Waals surface area contributed by atoms with Gasteiger partial charge in [0.05, 0.1) is 12.9 Å². The molecule has 3 amide bonds. The Bertz CT molecular complexity index is 727. The number of carbonyl (C=O) groups excluding carboxylic acids is 3. The molecule has 0 saturated carbocycles. The fourth-order valence-electron chi connectivity index (χ4n) is 2.62. The summed E-state index contributed by atoms with van der Waals surface area (Å²) in [6, 6.07) is -4.48. The van der Waals surface area contributed by atoms with Crippen LogP contribution in [0.25, 0.3) is 0 Å². The molecule has 0 spiro atoms. The lowest BCUT2D eigenvalue weighted by molar-refractivity contribution is -0.142. The van der Waals surface area contributed by atoms with Crippen molar-refractivity contribution in [3.63, 3.8) is 0 Å². The Morgan fingerprint density at radius 3 is 2.32 bits per heavy atom. The molecule has 4 unspecified atom stereocenters. The average Bonchev–Trinajstić information content (AvgIpc) is 3.24. The fourth-order valence-corrected chi connectivity index (χ4v) is 2.62. The van der Waals surface area contributed by atoms with Gasteiger partial charge in [-0.2, -0.15) is 0 Å². The first kappa shape index (κ1) is 26.0. The molecule has 4 atom stereocenters. The standard InChI is InChI=1S/C18H31N7O6/c1-10(23-16(28)12(20)8-26)15(27)24-13(4-2-3-5-19)17(29)25-14(18(30)31)6-11-7-21-9-22-11/h7,9-10,12-14,26H,2-6,8,19-20H2,1H3,(H,21,22)(H,23,28)(H,24,27)(H,25,29)(H,30,31). The van der Waals surface area contributed by atoms with Crippen LogP contribution >= 0.6 is 0 Å². The molecule has 0 aliphatic carbocycles. The molecule has 1 aromatic rings. The van der Waals surface area contributed by atoms with Crippen LogP contribution in [-0.4, -0.2) is 81.2 Å². The van der Waals surface area contributed by atoms with E-state index in [9.17, 15) is 24.3 Å². The van der Waals surface area contributed by atoms with Gasteiger partial charge in [-0.05, 0) is 32.7 Å². The SMILES string of the molecule is CC(NC(=O)C(N)CO)C(=O)NC(CCCCN)C(=O)NC(Cc1cnc[nH]1)C(=O)O. The van der Waals surface area contributed by atoms with E-state index in [1.807, 2.05) is 0 Å². The first-order chi connectivity index (χ1) is 14.7. The van der Waals surface area contributed by atoms with E-state index < -0.39 is 54.5 Å². The Labute approximate surface area is 179 Å². The minimum atomic E-state index is -1.24.